The zero-order valence-electron chi connectivity index (χ0n) is 15.4. The van der Waals surface area contributed by atoms with Gasteiger partial charge < -0.3 is 20.1 Å². The average Bonchev–Trinajstić information content (AvgIpc) is 3.08. The van der Waals surface area contributed by atoms with Crippen molar-refractivity contribution in [2.75, 3.05) is 19.5 Å². The van der Waals surface area contributed by atoms with E-state index >= 15 is 0 Å². The molecule has 0 aliphatic carbocycles. The first-order valence-corrected chi connectivity index (χ1v) is 9.21. The predicted octanol–water partition coefficient (Wildman–Crippen LogP) is 4.46. The number of urea groups is 1. The summed E-state index contributed by atoms with van der Waals surface area (Å²) in [6, 6.07) is 14.9. The Morgan fingerprint density at radius 2 is 1.89 bits per heavy atom. The van der Waals surface area contributed by atoms with Crippen LogP contribution in [0.4, 0.5) is 10.5 Å². The van der Waals surface area contributed by atoms with Crippen molar-refractivity contribution < 1.29 is 14.3 Å². The fourth-order valence-electron chi connectivity index (χ4n) is 2.53. The molecule has 0 unspecified atom stereocenters. The van der Waals surface area contributed by atoms with Crippen LogP contribution in [-0.4, -0.2) is 25.2 Å². The van der Waals surface area contributed by atoms with E-state index in [9.17, 15) is 4.79 Å². The van der Waals surface area contributed by atoms with Gasteiger partial charge in [0.2, 0.25) is 0 Å². The number of amides is 2. The molecular formula is C20H21N3O3S. The smallest absolute Gasteiger partial charge is 0.319 e. The second-order valence-electron chi connectivity index (χ2n) is 5.77. The lowest BCUT2D eigenvalue weighted by Crippen LogP contribution is -2.28. The SMILES string of the molecule is COc1ccc(NC(=O)NCc2sc(-c3ccccc3)nc2C)c(OC)c1. The van der Waals surface area contributed by atoms with Gasteiger partial charge in [-0.05, 0) is 19.1 Å². The summed E-state index contributed by atoms with van der Waals surface area (Å²) in [7, 11) is 3.12. The number of aryl methyl sites for hydroxylation is 1. The second kappa shape index (κ2) is 8.55. The van der Waals surface area contributed by atoms with Crippen molar-refractivity contribution in [3.8, 4) is 22.1 Å². The van der Waals surface area contributed by atoms with Crippen LogP contribution in [0.5, 0.6) is 11.5 Å². The van der Waals surface area contributed by atoms with Crippen LogP contribution >= 0.6 is 11.3 Å². The number of thiazole rings is 1. The molecule has 27 heavy (non-hydrogen) atoms. The Labute approximate surface area is 162 Å². The number of hydrogen-bond donors (Lipinski definition) is 2. The first kappa shape index (κ1) is 18.7. The molecule has 6 nitrogen and oxygen atoms in total. The summed E-state index contributed by atoms with van der Waals surface area (Å²) in [6.07, 6.45) is 0. The van der Waals surface area contributed by atoms with Crippen molar-refractivity contribution in [2.24, 2.45) is 0 Å². The number of carbonyl (C=O) groups excluding carboxylic acids is 1. The van der Waals surface area contributed by atoms with Gasteiger partial charge in [-0.25, -0.2) is 9.78 Å². The molecule has 0 radical (unpaired) electrons. The lowest BCUT2D eigenvalue weighted by atomic mass is 10.2. The Kier molecular flexibility index (Phi) is 5.93. The summed E-state index contributed by atoms with van der Waals surface area (Å²) in [5.74, 6) is 1.19. The quantitative estimate of drug-likeness (QED) is 0.659. The van der Waals surface area contributed by atoms with Crippen LogP contribution in [0.2, 0.25) is 0 Å². The summed E-state index contributed by atoms with van der Waals surface area (Å²) in [4.78, 5) is 17.9. The van der Waals surface area contributed by atoms with Crippen LogP contribution in [-0.2, 0) is 6.54 Å². The number of hydrogen-bond acceptors (Lipinski definition) is 5. The lowest BCUT2D eigenvalue weighted by Gasteiger charge is -2.12. The molecule has 0 bridgehead atoms. The number of aromatic nitrogens is 1. The molecule has 3 aromatic rings. The molecule has 140 valence electrons. The minimum absolute atomic E-state index is 0.312. The van der Waals surface area contributed by atoms with Gasteiger partial charge in [-0.1, -0.05) is 30.3 Å². The minimum Gasteiger partial charge on any atom is -0.497 e. The highest BCUT2D eigenvalue weighted by Crippen LogP contribution is 2.29. The molecule has 0 atom stereocenters. The number of benzene rings is 2. The third kappa shape index (κ3) is 4.57. The average molecular weight is 383 g/mol. The molecule has 7 heteroatoms. The highest BCUT2D eigenvalue weighted by Gasteiger charge is 2.12. The third-order valence-electron chi connectivity index (χ3n) is 3.98. The van der Waals surface area contributed by atoms with Crippen molar-refractivity contribution in [3.63, 3.8) is 0 Å². The van der Waals surface area contributed by atoms with Gasteiger partial charge in [-0.2, -0.15) is 0 Å². The zero-order chi connectivity index (χ0) is 19.2. The largest absolute Gasteiger partial charge is 0.497 e. The summed E-state index contributed by atoms with van der Waals surface area (Å²) in [5.41, 5.74) is 2.56. The number of rotatable bonds is 6. The topological polar surface area (TPSA) is 72.5 Å². The monoisotopic (exact) mass is 383 g/mol. The maximum absolute atomic E-state index is 12.3. The van der Waals surface area contributed by atoms with E-state index in [2.05, 4.69) is 15.6 Å². The molecular weight excluding hydrogens is 362 g/mol. The summed E-state index contributed by atoms with van der Waals surface area (Å²) in [6.45, 7) is 2.35. The van der Waals surface area contributed by atoms with E-state index in [1.54, 1.807) is 43.8 Å². The van der Waals surface area contributed by atoms with Crippen LogP contribution in [0.25, 0.3) is 10.6 Å². The van der Waals surface area contributed by atoms with Gasteiger partial charge in [0.1, 0.15) is 16.5 Å². The van der Waals surface area contributed by atoms with Crippen LogP contribution in [0.3, 0.4) is 0 Å². The van der Waals surface area contributed by atoms with Crippen LogP contribution in [0.1, 0.15) is 10.6 Å². The highest BCUT2D eigenvalue weighted by molar-refractivity contribution is 7.15. The molecule has 0 saturated carbocycles. The molecule has 0 aliphatic heterocycles. The molecule has 2 N–H and O–H groups in total. The Morgan fingerprint density at radius 3 is 2.59 bits per heavy atom. The maximum atomic E-state index is 12.3. The van der Waals surface area contributed by atoms with Gasteiger partial charge in [0.25, 0.3) is 0 Å². The summed E-state index contributed by atoms with van der Waals surface area (Å²) in [5, 5.41) is 6.61. The molecule has 2 amide bonds. The Bertz CT molecular complexity index is 925. The van der Waals surface area contributed by atoms with Crippen molar-refractivity contribution >= 4 is 23.1 Å². The Hall–Kier alpha value is -3.06. The first-order chi connectivity index (χ1) is 13.1. The van der Waals surface area contributed by atoms with Gasteiger partial charge in [-0.3, -0.25) is 0 Å². The molecule has 1 heterocycles. The van der Waals surface area contributed by atoms with Crippen LogP contribution in [0, 0.1) is 6.92 Å². The standard InChI is InChI=1S/C20H21N3O3S/c1-13-18(27-19(22-13)14-7-5-4-6-8-14)12-21-20(24)23-16-10-9-15(25-2)11-17(16)26-3/h4-11H,12H2,1-3H3,(H2,21,23,24). The summed E-state index contributed by atoms with van der Waals surface area (Å²) >= 11 is 1.58. The third-order valence-corrected chi connectivity index (χ3v) is 5.19. The lowest BCUT2D eigenvalue weighted by molar-refractivity contribution is 0.251. The summed E-state index contributed by atoms with van der Waals surface area (Å²) < 4.78 is 10.5. The van der Waals surface area contributed by atoms with E-state index in [1.807, 2.05) is 37.3 Å². The molecule has 3 rings (SSSR count). The Morgan fingerprint density at radius 1 is 1.11 bits per heavy atom. The van der Waals surface area contributed by atoms with Crippen LogP contribution in [0.15, 0.2) is 48.5 Å². The molecule has 0 aliphatic rings. The van der Waals surface area contributed by atoms with Gasteiger partial charge in [0, 0.05) is 16.5 Å². The van der Waals surface area contributed by atoms with E-state index in [-0.39, 0.29) is 6.03 Å². The number of ether oxygens (including phenoxy) is 2. The fraction of sp³-hybridized carbons (Fsp3) is 0.200. The second-order valence-corrected chi connectivity index (χ2v) is 6.85. The molecule has 0 spiro atoms. The number of nitrogens with one attached hydrogen (secondary N) is 2. The van der Waals surface area contributed by atoms with Gasteiger partial charge in [0.15, 0.2) is 0 Å². The van der Waals surface area contributed by atoms with E-state index in [0.717, 1.165) is 21.1 Å². The maximum Gasteiger partial charge on any atom is 0.319 e. The van der Waals surface area contributed by atoms with Crippen molar-refractivity contribution in [2.45, 2.75) is 13.5 Å². The highest BCUT2D eigenvalue weighted by atomic mass is 32.1. The molecule has 1 aromatic heterocycles. The van der Waals surface area contributed by atoms with Gasteiger partial charge in [-0.15, -0.1) is 11.3 Å². The van der Waals surface area contributed by atoms with Crippen molar-refractivity contribution in [1.29, 1.82) is 0 Å². The van der Waals surface area contributed by atoms with Gasteiger partial charge >= 0.3 is 6.03 Å². The minimum atomic E-state index is -0.312. The van der Waals surface area contributed by atoms with E-state index in [4.69, 9.17) is 9.47 Å². The number of anilines is 1. The zero-order valence-corrected chi connectivity index (χ0v) is 16.2. The predicted molar refractivity (Wildman–Crippen MR) is 108 cm³/mol. The van der Waals surface area contributed by atoms with Gasteiger partial charge in [0.05, 0.1) is 32.1 Å². The van der Waals surface area contributed by atoms with E-state index < -0.39 is 0 Å². The molecule has 2 aromatic carbocycles. The number of methoxy groups -OCH3 is 2. The number of carbonyl (C=O) groups is 1. The Balaban J connectivity index is 1.64. The molecule has 0 saturated heterocycles. The first-order valence-electron chi connectivity index (χ1n) is 8.39. The van der Waals surface area contributed by atoms with Crippen molar-refractivity contribution in [3.05, 3.63) is 59.1 Å². The van der Waals surface area contributed by atoms with Crippen LogP contribution < -0.4 is 20.1 Å². The van der Waals surface area contributed by atoms with E-state index in [1.165, 1.54) is 0 Å². The van der Waals surface area contributed by atoms with E-state index in [0.29, 0.717) is 23.7 Å². The molecule has 0 fully saturated rings. The van der Waals surface area contributed by atoms with Crippen molar-refractivity contribution in [1.82, 2.24) is 10.3 Å². The normalized spacial score (nSPS) is 10.3. The fourth-order valence-corrected chi connectivity index (χ4v) is 3.53. The number of nitrogens with zero attached hydrogens (tertiary/aromatic N) is 1.